The Balaban J connectivity index is 2.19. The highest BCUT2D eigenvalue weighted by Gasteiger charge is 2.13. The zero-order valence-corrected chi connectivity index (χ0v) is 12.8. The lowest BCUT2D eigenvalue weighted by Crippen LogP contribution is -1.98. The Bertz CT molecular complexity index is 605. The molecular weight excluding hydrogens is 330 g/mol. The number of benzene rings is 1. The van der Waals surface area contributed by atoms with Crippen molar-refractivity contribution >= 4 is 33.7 Å². The molecule has 2 aromatic rings. The van der Waals surface area contributed by atoms with Gasteiger partial charge in [-0.25, -0.2) is 9.78 Å². The lowest BCUT2D eigenvalue weighted by Gasteiger charge is -2.05. The van der Waals surface area contributed by atoms with E-state index in [0.29, 0.717) is 16.5 Å². The average molecular weight is 342 g/mol. The Morgan fingerprint density at radius 2 is 2.21 bits per heavy atom. The van der Waals surface area contributed by atoms with Crippen molar-refractivity contribution in [3.05, 3.63) is 45.6 Å². The highest BCUT2D eigenvalue weighted by molar-refractivity contribution is 9.10. The Morgan fingerprint density at radius 1 is 1.47 bits per heavy atom. The molecule has 1 aromatic carbocycles. The van der Waals surface area contributed by atoms with Crippen LogP contribution in [0.3, 0.4) is 0 Å². The molecule has 0 unspecified atom stereocenters. The van der Waals surface area contributed by atoms with Gasteiger partial charge in [0.25, 0.3) is 0 Å². The van der Waals surface area contributed by atoms with Crippen molar-refractivity contribution in [3.8, 4) is 0 Å². The standard InChI is InChI=1S/C13H12BrNO3S/c1-7-8(2)18-12(15-7)6-19-11-5-9(14)3-4-10(11)13(16)17/h3-5H,6H2,1-2H3,(H,16,17). The van der Waals surface area contributed by atoms with Crippen LogP contribution in [0.4, 0.5) is 0 Å². The third-order valence-electron chi connectivity index (χ3n) is 2.60. The van der Waals surface area contributed by atoms with Gasteiger partial charge in [0, 0.05) is 9.37 Å². The molecule has 1 N–H and O–H groups in total. The predicted octanol–water partition coefficient (Wildman–Crippen LogP) is 4.04. The summed E-state index contributed by atoms with van der Waals surface area (Å²) in [5.74, 6) is 0.972. The number of rotatable bonds is 4. The van der Waals surface area contributed by atoms with E-state index in [0.717, 1.165) is 15.9 Å². The van der Waals surface area contributed by atoms with Crippen LogP contribution in [-0.2, 0) is 5.75 Å². The van der Waals surface area contributed by atoms with Gasteiger partial charge in [-0.3, -0.25) is 0 Å². The highest BCUT2D eigenvalue weighted by atomic mass is 79.9. The maximum absolute atomic E-state index is 11.1. The van der Waals surface area contributed by atoms with E-state index in [4.69, 9.17) is 9.52 Å². The first-order valence-corrected chi connectivity index (χ1v) is 7.34. The van der Waals surface area contributed by atoms with Crippen molar-refractivity contribution in [2.45, 2.75) is 24.5 Å². The summed E-state index contributed by atoms with van der Waals surface area (Å²) in [5.41, 5.74) is 1.15. The Kier molecular flexibility index (Phi) is 4.31. The first kappa shape index (κ1) is 14.1. The summed E-state index contributed by atoms with van der Waals surface area (Å²) < 4.78 is 6.32. The smallest absolute Gasteiger partial charge is 0.336 e. The molecule has 0 radical (unpaired) electrons. The summed E-state index contributed by atoms with van der Waals surface area (Å²) in [7, 11) is 0. The van der Waals surface area contributed by atoms with Crippen LogP contribution in [-0.4, -0.2) is 16.1 Å². The first-order chi connectivity index (χ1) is 8.97. The van der Waals surface area contributed by atoms with Crippen molar-refractivity contribution in [3.63, 3.8) is 0 Å². The monoisotopic (exact) mass is 341 g/mol. The van der Waals surface area contributed by atoms with Gasteiger partial charge in [0.15, 0.2) is 0 Å². The number of aromatic nitrogens is 1. The SMILES string of the molecule is Cc1nc(CSc2cc(Br)ccc2C(=O)O)oc1C. The first-order valence-electron chi connectivity index (χ1n) is 5.56. The van der Waals surface area contributed by atoms with Crippen LogP contribution in [0.25, 0.3) is 0 Å². The molecule has 0 fully saturated rings. The van der Waals surface area contributed by atoms with E-state index in [2.05, 4.69) is 20.9 Å². The van der Waals surface area contributed by atoms with E-state index in [9.17, 15) is 4.79 Å². The van der Waals surface area contributed by atoms with Gasteiger partial charge in [-0.15, -0.1) is 11.8 Å². The van der Waals surface area contributed by atoms with Gasteiger partial charge in [0.2, 0.25) is 5.89 Å². The molecule has 6 heteroatoms. The predicted molar refractivity (Wildman–Crippen MR) is 76.6 cm³/mol. The number of oxazole rings is 1. The number of carbonyl (C=O) groups is 1. The quantitative estimate of drug-likeness (QED) is 0.850. The summed E-state index contributed by atoms with van der Waals surface area (Å²) in [6.07, 6.45) is 0. The maximum Gasteiger partial charge on any atom is 0.336 e. The lowest BCUT2D eigenvalue weighted by molar-refractivity contribution is 0.0693. The Morgan fingerprint density at radius 3 is 2.79 bits per heavy atom. The van der Waals surface area contributed by atoms with Crippen LogP contribution in [0, 0.1) is 13.8 Å². The van der Waals surface area contributed by atoms with Crippen LogP contribution in [0.2, 0.25) is 0 Å². The van der Waals surface area contributed by atoms with E-state index in [1.807, 2.05) is 13.8 Å². The van der Waals surface area contributed by atoms with Crippen molar-refractivity contribution in [2.24, 2.45) is 0 Å². The third-order valence-corrected chi connectivity index (χ3v) is 4.13. The van der Waals surface area contributed by atoms with Gasteiger partial charge < -0.3 is 9.52 Å². The molecule has 0 aliphatic heterocycles. The fourth-order valence-electron chi connectivity index (χ4n) is 1.53. The second-order valence-corrected chi connectivity index (χ2v) is 5.92. The second-order valence-electron chi connectivity index (χ2n) is 3.98. The zero-order valence-electron chi connectivity index (χ0n) is 10.4. The zero-order chi connectivity index (χ0) is 14.0. The van der Waals surface area contributed by atoms with Crippen molar-refractivity contribution in [1.82, 2.24) is 4.98 Å². The molecule has 0 aliphatic rings. The minimum atomic E-state index is -0.935. The van der Waals surface area contributed by atoms with E-state index in [1.165, 1.54) is 11.8 Å². The third kappa shape index (κ3) is 3.39. The summed E-state index contributed by atoms with van der Waals surface area (Å²) in [6, 6.07) is 5.09. The molecule has 0 atom stereocenters. The molecule has 0 spiro atoms. The number of carboxylic acid groups (broad SMARTS) is 1. The van der Waals surface area contributed by atoms with Gasteiger partial charge in [-0.2, -0.15) is 0 Å². The van der Waals surface area contributed by atoms with Gasteiger partial charge in [-0.05, 0) is 32.0 Å². The lowest BCUT2D eigenvalue weighted by atomic mass is 10.2. The fourth-order valence-corrected chi connectivity index (χ4v) is 2.97. The number of hydrogen-bond acceptors (Lipinski definition) is 4. The van der Waals surface area contributed by atoms with Gasteiger partial charge in [0.1, 0.15) is 5.76 Å². The molecule has 2 rings (SSSR count). The van der Waals surface area contributed by atoms with Crippen LogP contribution in [0.15, 0.2) is 32.0 Å². The summed E-state index contributed by atoms with van der Waals surface area (Å²) in [5, 5.41) is 9.13. The number of aromatic carboxylic acids is 1. The minimum absolute atomic E-state index is 0.285. The van der Waals surface area contributed by atoms with Crippen LogP contribution in [0.5, 0.6) is 0 Å². The Labute approximate surface area is 123 Å². The summed E-state index contributed by atoms with van der Waals surface area (Å²) in [6.45, 7) is 3.74. The molecule has 0 saturated heterocycles. The van der Waals surface area contributed by atoms with Crippen LogP contribution >= 0.6 is 27.7 Å². The van der Waals surface area contributed by atoms with Crippen LogP contribution in [0.1, 0.15) is 27.7 Å². The number of carboxylic acids is 1. The van der Waals surface area contributed by atoms with Crippen molar-refractivity contribution in [2.75, 3.05) is 0 Å². The molecule has 0 aliphatic carbocycles. The van der Waals surface area contributed by atoms with Crippen LogP contribution < -0.4 is 0 Å². The molecule has 1 heterocycles. The molecule has 19 heavy (non-hydrogen) atoms. The van der Waals surface area contributed by atoms with E-state index >= 15 is 0 Å². The second kappa shape index (κ2) is 5.79. The summed E-state index contributed by atoms with van der Waals surface area (Å²) >= 11 is 4.74. The number of halogens is 1. The molecule has 100 valence electrons. The molecule has 0 amide bonds. The molecular formula is C13H12BrNO3S. The normalized spacial score (nSPS) is 10.7. The van der Waals surface area contributed by atoms with Gasteiger partial charge >= 0.3 is 5.97 Å². The molecule has 0 saturated carbocycles. The summed E-state index contributed by atoms with van der Waals surface area (Å²) in [4.78, 5) is 16.1. The Hall–Kier alpha value is -1.27. The number of thioether (sulfide) groups is 1. The van der Waals surface area contributed by atoms with E-state index in [-0.39, 0.29) is 5.56 Å². The highest BCUT2D eigenvalue weighted by Crippen LogP contribution is 2.29. The van der Waals surface area contributed by atoms with E-state index < -0.39 is 5.97 Å². The maximum atomic E-state index is 11.1. The van der Waals surface area contributed by atoms with Gasteiger partial charge in [0.05, 0.1) is 17.0 Å². The van der Waals surface area contributed by atoms with E-state index in [1.54, 1.807) is 18.2 Å². The molecule has 1 aromatic heterocycles. The molecule has 0 bridgehead atoms. The number of aryl methyl sites for hydroxylation is 2. The topological polar surface area (TPSA) is 63.3 Å². The van der Waals surface area contributed by atoms with Crippen molar-refractivity contribution < 1.29 is 14.3 Å². The number of nitrogens with zero attached hydrogens (tertiary/aromatic N) is 1. The van der Waals surface area contributed by atoms with Crippen molar-refractivity contribution in [1.29, 1.82) is 0 Å². The minimum Gasteiger partial charge on any atom is -0.478 e. The molecule has 4 nitrogen and oxygen atoms in total. The fraction of sp³-hybridized carbons (Fsp3) is 0.231. The largest absolute Gasteiger partial charge is 0.478 e. The number of hydrogen-bond donors (Lipinski definition) is 1. The average Bonchev–Trinajstić information content (AvgIpc) is 2.66. The van der Waals surface area contributed by atoms with Gasteiger partial charge in [-0.1, -0.05) is 15.9 Å².